The molecule has 2 fully saturated rings. The lowest BCUT2D eigenvalue weighted by molar-refractivity contribution is -0.155. The second kappa shape index (κ2) is 7.75. The van der Waals surface area contributed by atoms with Gasteiger partial charge in [-0.3, -0.25) is 9.59 Å². The number of unbranched alkanes of at least 4 members (excludes halogenated alkanes) is 1. The molecule has 0 spiro atoms. The quantitative estimate of drug-likeness (QED) is 0.665. The predicted octanol–water partition coefficient (Wildman–Crippen LogP) is 1.60. The molecule has 0 radical (unpaired) electrons. The molecule has 2 rings (SSSR count). The van der Waals surface area contributed by atoms with Crippen LogP contribution in [-0.4, -0.2) is 49.6 Å². The zero-order chi connectivity index (χ0) is 15.2. The Morgan fingerprint density at radius 2 is 1.43 bits per heavy atom. The van der Waals surface area contributed by atoms with E-state index in [1.165, 1.54) is 0 Å². The van der Waals surface area contributed by atoms with E-state index in [1.54, 1.807) is 0 Å². The summed E-state index contributed by atoms with van der Waals surface area (Å²) in [5, 5.41) is 0. The lowest BCUT2D eigenvalue weighted by Gasteiger charge is -2.17. The minimum atomic E-state index is -0.395. The molecule has 2 aliphatic heterocycles. The third-order valence-corrected chi connectivity index (χ3v) is 3.72. The van der Waals surface area contributed by atoms with Crippen molar-refractivity contribution in [3.05, 3.63) is 0 Å². The molecule has 2 saturated heterocycles. The summed E-state index contributed by atoms with van der Waals surface area (Å²) in [5.74, 6) is -0.458. The van der Waals surface area contributed by atoms with Crippen molar-refractivity contribution in [1.82, 2.24) is 0 Å². The average Bonchev–Trinajstić information content (AvgIpc) is 3.01. The lowest BCUT2D eigenvalue weighted by Crippen LogP contribution is -2.35. The van der Waals surface area contributed by atoms with E-state index in [1.807, 2.05) is 13.8 Å². The minimum absolute atomic E-state index is 0.221. The first-order valence-corrected chi connectivity index (χ1v) is 7.77. The summed E-state index contributed by atoms with van der Waals surface area (Å²) in [6.07, 6.45) is 1.89. The second-order valence-electron chi connectivity index (χ2n) is 5.51. The Bertz CT molecular complexity index is 369. The van der Waals surface area contributed by atoms with Crippen LogP contribution in [0.2, 0.25) is 0 Å². The Morgan fingerprint density at radius 3 is 1.90 bits per heavy atom. The minimum Gasteiger partial charge on any atom is -0.457 e. The molecule has 120 valence electrons. The Labute approximate surface area is 125 Å². The number of rotatable bonds is 7. The van der Waals surface area contributed by atoms with Gasteiger partial charge in [0.15, 0.2) is 12.2 Å². The summed E-state index contributed by atoms with van der Waals surface area (Å²) >= 11 is 0. The lowest BCUT2D eigenvalue weighted by atomic mass is 10.1. The number of carbonyl (C=O) groups excluding carboxylic acids is 2. The third-order valence-electron chi connectivity index (χ3n) is 3.72. The van der Waals surface area contributed by atoms with Crippen LogP contribution in [0.25, 0.3) is 0 Å². The van der Waals surface area contributed by atoms with Crippen molar-refractivity contribution in [2.24, 2.45) is 0 Å². The molecule has 6 nitrogen and oxygen atoms in total. The Hall–Kier alpha value is -1.14. The van der Waals surface area contributed by atoms with Gasteiger partial charge in [0.05, 0.1) is 13.2 Å². The molecule has 2 aliphatic rings. The normalized spacial score (nSPS) is 31.0. The summed E-state index contributed by atoms with van der Waals surface area (Å²) in [5.41, 5.74) is 0. The summed E-state index contributed by atoms with van der Waals surface area (Å²) in [7, 11) is 0. The predicted molar refractivity (Wildman–Crippen MR) is 73.7 cm³/mol. The van der Waals surface area contributed by atoms with Crippen LogP contribution in [0.1, 0.15) is 46.0 Å². The number of carbonyl (C=O) groups is 2. The highest BCUT2D eigenvalue weighted by Crippen LogP contribution is 2.31. The monoisotopic (exact) mass is 300 g/mol. The summed E-state index contributed by atoms with van der Waals surface area (Å²) in [6.45, 7) is 4.55. The van der Waals surface area contributed by atoms with Gasteiger partial charge >= 0.3 is 11.9 Å². The van der Waals surface area contributed by atoms with E-state index in [-0.39, 0.29) is 24.1 Å². The fraction of sp³-hybridized carbons (Fsp3) is 0.867. The number of esters is 2. The number of ether oxygens (including phenoxy) is 4. The molecular formula is C15H24O6. The first kappa shape index (κ1) is 16.2. The molecule has 4 atom stereocenters. The first-order valence-electron chi connectivity index (χ1n) is 7.77. The van der Waals surface area contributed by atoms with Crippen LogP contribution in [0.15, 0.2) is 0 Å². The van der Waals surface area contributed by atoms with Crippen molar-refractivity contribution in [3.8, 4) is 0 Å². The van der Waals surface area contributed by atoms with Crippen molar-refractivity contribution < 1.29 is 28.5 Å². The maximum atomic E-state index is 11.7. The van der Waals surface area contributed by atoms with Gasteiger partial charge in [-0.1, -0.05) is 20.3 Å². The molecule has 21 heavy (non-hydrogen) atoms. The molecule has 0 amide bonds. The molecule has 0 aromatic rings. The van der Waals surface area contributed by atoms with Gasteiger partial charge < -0.3 is 18.9 Å². The van der Waals surface area contributed by atoms with E-state index in [0.717, 1.165) is 19.3 Å². The van der Waals surface area contributed by atoms with Gasteiger partial charge in [-0.15, -0.1) is 0 Å². The molecule has 0 aromatic carbocycles. The molecule has 0 aliphatic carbocycles. The van der Waals surface area contributed by atoms with Gasteiger partial charge in [-0.2, -0.15) is 0 Å². The maximum Gasteiger partial charge on any atom is 0.306 e. The van der Waals surface area contributed by atoms with Gasteiger partial charge in [-0.25, -0.2) is 0 Å². The van der Waals surface area contributed by atoms with Crippen molar-refractivity contribution in [1.29, 1.82) is 0 Å². The van der Waals surface area contributed by atoms with Crippen molar-refractivity contribution in [2.45, 2.75) is 70.4 Å². The first-order chi connectivity index (χ1) is 10.2. The van der Waals surface area contributed by atoms with Crippen LogP contribution in [0, 0.1) is 0 Å². The molecule has 2 heterocycles. The van der Waals surface area contributed by atoms with Gasteiger partial charge in [0.25, 0.3) is 0 Å². The fourth-order valence-corrected chi connectivity index (χ4v) is 2.61. The van der Waals surface area contributed by atoms with Crippen LogP contribution in [0.4, 0.5) is 0 Å². The zero-order valence-electron chi connectivity index (χ0n) is 12.7. The zero-order valence-corrected chi connectivity index (χ0v) is 12.7. The standard InChI is InChI=1S/C15H24O6/c1-3-5-7-13(17)21-11-9-19-14-10(8-18-15(11)14)20-12(16)6-4-2/h10-11,14-15H,3-9H2,1-2H3/t10-,11+,14+,15+/m0/s1. The van der Waals surface area contributed by atoms with Crippen LogP contribution < -0.4 is 0 Å². The molecule has 0 N–H and O–H groups in total. The molecule has 0 aromatic heterocycles. The molecular weight excluding hydrogens is 276 g/mol. The summed E-state index contributed by atoms with van der Waals surface area (Å²) in [6, 6.07) is 0. The van der Waals surface area contributed by atoms with Gasteiger partial charge in [0.2, 0.25) is 0 Å². The highest BCUT2D eigenvalue weighted by molar-refractivity contribution is 5.70. The SMILES string of the molecule is CCCCC(=O)O[C@@H]1CO[C@H]2[C@@H]1OC[C@@H]2OC(=O)CCC. The molecule has 0 saturated carbocycles. The van der Waals surface area contributed by atoms with E-state index >= 15 is 0 Å². The van der Waals surface area contributed by atoms with Crippen molar-refractivity contribution in [3.63, 3.8) is 0 Å². The fourth-order valence-electron chi connectivity index (χ4n) is 2.61. The van der Waals surface area contributed by atoms with E-state index < -0.39 is 12.2 Å². The smallest absolute Gasteiger partial charge is 0.306 e. The van der Waals surface area contributed by atoms with E-state index in [9.17, 15) is 9.59 Å². The maximum absolute atomic E-state index is 11.7. The highest BCUT2D eigenvalue weighted by Gasteiger charge is 2.51. The Morgan fingerprint density at radius 1 is 0.905 bits per heavy atom. The van der Waals surface area contributed by atoms with Crippen molar-refractivity contribution >= 4 is 11.9 Å². The molecule has 0 unspecified atom stereocenters. The van der Waals surface area contributed by atoms with Gasteiger partial charge in [0, 0.05) is 12.8 Å². The van der Waals surface area contributed by atoms with Crippen LogP contribution in [0.3, 0.4) is 0 Å². The largest absolute Gasteiger partial charge is 0.457 e. The van der Waals surface area contributed by atoms with E-state index in [0.29, 0.717) is 26.1 Å². The topological polar surface area (TPSA) is 71.1 Å². The van der Waals surface area contributed by atoms with Crippen molar-refractivity contribution in [2.75, 3.05) is 13.2 Å². The second-order valence-corrected chi connectivity index (χ2v) is 5.51. The average molecular weight is 300 g/mol. The van der Waals surface area contributed by atoms with Crippen LogP contribution in [-0.2, 0) is 28.5 Å². The Balaban J connectivity index is 1.81. The number of hydrogen-bond donors (Lipinski definition) is 0. The number of fused-ring (bicyclic) bond motifs is 1. The van der Waals surface area contributed by atoms with Gasteiger partial charge in [0.1, 0.15) is 12.2 Å². The summed E-state index contributed by atoms with van der Waals surface area (Å²) < 4.78 is 22.0. The van der Waals surface area contributed by atoms with E-state index in [2.05, 4.69) is 0 Å². The molecule has 0 bridgehead atoms. The third kappa shape index (κ3) is 4.17. The summed E-state index contributed by atoms with van der Waals surface area (Å²) in [4.78, 5) is 23.2. The van der Waals surface area contributed by atoms with E-state index in [4.69, 9.17) is 18.9 Å². The Kier molecular flexibility index (Phi) is 5.99. The highest BCUT2D eigenvalue weighted by atomic mass is 16.7. The van der Waals surface area contributed by atoms with Crippen LogP contribution >= 0.6 is 0 Å². The number of hydrogen-bond acceptors (Lipinski definition) is 6. The van der Waals surface area contributed by atoms with Crippen LogP contribution in [0.5, 0.6) is 0 Å². The molecule has 6 heteroatoms. The van der Waals surface area contributed by atoms with Gasteiger partial charge in [-0.05, 0) is 12.8 Å².